The van der Waals surface area contributed by atoms with Gasteiger partial charge in [-0.05, 0) is 43.2 Å². The average Bonchev–Trinajstić information content (AvgIpc) is 3.52. The molecular formula is C31H34N4O5S. The van der Waals surface area contributed by atoms with Crippen molar-refractivity contribution in [2.75, 3.05) is 31.4 Å². The van der Waals surface area contributed by atoms with E-state index in [2.05, 4.69) is 22.7 Å². The first-order valence-corrected chi connectivity index (χ1v) is 14.9. The minimum Gasteiger partial charge on any atom is -0.382 e. The van der Waals surface area contributed by atoms with Crippen LogP contribution >= 0.6 is 0 Å². The van der Waals surface area contributed by atoms with Crippen LogP contribution in [0.15, 0.2) is 82.2 Å². The molecule has 0 spiro atoms. The number of methoxy groups -OCH3 is 1. The third-order valence-electron chi connectivity index (χ3n) is 7.11. The van der Waals surface area contributed by atoms with E-state index < -0.39 is 10.0 Å². The Kier molecular flexibility index (Phi) is 8.53. The Morgan fingerprint density at radius 2 is 1.68 bits per heavy atom. The predicted octanol–water partition coefficient (Wildman–Crippen LogP) is 5.73. The zero-order valence-electron chi connectivity index (χ0n) is 23.7. The van der Waals surface area contributed by atoms with Crippen molar-refractivity contribution in [2.24, 2.45) is 0 Å². The molecule has 0 fully saturated rings. The highest BCUT2D eigenvalue weighted by molar-refractivity contribution is 7.93. The lowest BCUT2D eigenvalue weighted by molar-refractivity contribution is 0.0744. The molecule has 0 aliphatic heterocycles. The van der Waals surface area contributed by atoms with Gasteiger partial charge in [-0.3, -0.25) is 0 Å². The second-order valence-electron chi connectivity index (χ2n) is 9.73. The molecule has 41 heavy (non-hydrogen) atoms. The SMILES string of the molecule is CCc1nc2ccccc2n1Cc1ccc(-c2ccccc2S(=O)(=O)N(COCCOC)c2onc(C)c2C)cc1. The minimum atomic E-state index is -4.09. The molecule has 0 N–H and O–H groups in total. The van der Waals surface area contributed by atoms with Gasteiger partial charge in [0.05, 0.1) is 34.8 Å². The van der Waals surface area contributed by atoms with Crippen LogP contribution in [0.25, 0.3) is 22.2 Å². The first kappa shape index (κ1) is 28.5. The van der Waals surface area contributed by atoms with Crippen molar-refractivity contribution in [3.05, 3.63) is 95.4 Å². The summed E-state index contributed by atoms with van der Waals surface area (Å²) in [5.74, 6) is 1.15. The topological polar surface area (TPSA) is 99.7 Å². The molecule has 0 aliphatic rings. The highest BCUT2D eigenvalue weighted by Gasteiger charge is 2.32. The fraction of sp³-hybridized carbons (Fsp3) is 0.290. The Labute approximate surface area is 240 Å². The highest BCUT2D eigenvalue weighted by atomic mass is 32.2. The van der Waals surface area contributed by atoms with Gasteiger partial charge in [0.25, 0.3) is 10.0 Å². The minimum absolute atomic E-state index is 0.129. The lowest BCUT2D eigenvalue weighted by atomic mass is 10.0. The lowest BCUT2D eigenvalue weighted by Gasteiger charge is -2.23. The smallest absolute Gasteiger partial charge is 0.269 e. The van der Waals surface area contributed by atoms with Gasteiger partial charge < -0.3 is 18.6 Å². The number of sulfonamides is 1. The van der Waals surface area contributed by atoms with Crippen molar-refractivity contribution in [1.29, 1.82) is 0 Å². The van der Waals surface area contributed by atoms with E-state index in [1.165, 1.54) is 0 Å². The normalized spacial score (nSPS) is 11.8. The van der Waals surface area contributed by atoms with Gasteiger partial charge in [0.1, 0.15) is 12.6 Å². The van der Waals surface area contributed by atoms with Gasteiger partial charge in [0.15, 0.2) is 0 Å². The fourth-order valence-corrected chi connectivity index (χ4v) is 6.31. The number of aromatic nitrogens is 3. The fourth-order valence-electron chi connectivity index (χ4n) is 4.76. The number of anilines is 1. The Balaban J connectivity index is 1.48. The summed E-state index contributed by atoms with van der Waals surface area (Å²) in [4.78, 5) is 4.92. The predicted molar refractivity (Wildman–Crippen MR) is 158 cm³/mol. The standard InChI is InChI=1S/C31H34N4O5S/c1-5-30-32-27-11-7-8-12-28(27)34(30)20-24-14-16-25(17-15-24)26-10-6-9-13-29(26)41(36,37)35(21-39-19-18-38-4)31-22(2)23(3)33-40-31/h6-17H,5,18-21H2,1-4H3. The Hall–Kier alpha value is -3.99. The third-order valence-corrected chi connectivity index (χ3v) is 8.87. The number of hydrogen-bond acceptors (Lipinski definition) is 7. The second-order valence-corrected chi connectivity index (χ2v) is 11.6. The van der Waals surface area contributed by atoms with Crippen molar-refractivity contribution in [3.8, 4) is 11.1 Å². The summed E-state index contributed by atoms with van der Waals surface area (Å²) in [5, 5.41) is 3.97. The molecule has 0 amide bonds. The van der Waals surface area contributed by atoms with Crippen LogP contribution in [-0.4, -0.2) is 50.2 Å². The maximum Gasteiger partial charge on any atom is 0.269 e. The molecule has 0 saturated carbocycles. The highest BCUT2D eigenvalue weighted by Crippen LogP contribution is 2.34. The van der Waals surface area contributed by atoms with Crippen molar-refractivity contribution >= 4 is 26.9 Å². The first-order valence-electron chi connectivity index (χ1n) is 13.5. The van der Waals surface area contributed by atoms with Crippen molar-refractivity contribution in [1.82, 2.24) is 14.7 Å². The number of rotatable bonds is 12. The van der Waals surface area contributed by atoms with Crippen LogP contribution in [0.5, 0.6) is 0 Å². The van der Waals surface area contributed by atoms with E-state index in [0.29, 0.717) is 30.0 Å². The Bertz CT molecular complexity index is 1740. The zero-order valence-corrected chi connectivity index (χ0v) is 24.5. The van der Waals surface area contributed by atoms with Crippen LogP contribution < -0.4 is 4.31 Å². The molecule has 0 bridgehead atoms. The summed E-state index contributed by atoms with van der Waals surface area (Å²) in [6.07, 6.45) is 0.827. The summed E-state index contributed by atoms with van der Waals surface area (Å²) < 4.78 is 47.8. The summed E-state index contributed by atoms with van der Waals surface area (Å²) in [6, 6.07) is 23.1. The molecule has 9 nitrogen and oxygen atoms in total. The number of nitrogens with zero attached hydrogens (tertiary/aromatic N) is 4. The van der Waals surface area contributed by atoms with E-state index in [1.807, 2.05) is 54.6 Å². The van der Waals surface area contributed by atoms with Crippen molar-refractivity contribution in [3.63, 3.8) is 0 Å². The molecule has 0 unspecified atom stereocenters. The van der Waals surface area contributed by atoms with Crippen LogP contribution in [0.4, 0.5) is 5.88 Å². The molecule has 5 rings (SSSR count). The third kappa shape index (κ3) is 5.76. The van der Waals surface area contributed by atoms with Crippen LogP contribution in [0.2, 0.25) is 0 Å². The van der Waals surface area contributed by atoms with E-state index in [4.69, 9.17) is 19.0 Å². The molecule has 10 heteroatoms. The molecule has 2 aromatic heterocycles. The molecular weight excluding hydrogens is 540 g/mol. The molecule has 2 heterocycles. The summed E-state index contributed by atoms with van der Waals surface area (Å²) >= 11 is 0. The summed E-state index contributed by atoms with van der Waals surface area (Å²) in [6.45, 7) is 6.63. The molecule has 5 aromatic rings. The number of aryl methyl sites for hydroxylation is 2. The maximum absolute atomic E-state index is 14.1. The van der Waals surface area contributed by atoms with Gasteiger partial charge in [0.2, 0.25) is 5.88 Å². The van der Waals surface area contributed by atoms with E-state index >= 15 is 0 Å². The van der Waals surface area contributed by atoms with Gasteiger partial charge in [-0.2, -0.15) is 0 Å². The van der Waals surface area contributed by atoms with Crippen LogP contribution in [0.3, 0.4) is 0 Å². The largest absolute Gasteiger partial charge is 0.382 e. The van der Waals surface area contributed by atoms with E-state index in [-0.39, 0.29) is 24.1 Å². The number of imidazole rings is 1. The molecule has 0 aliphatic carbocycles. The average molecular weight is 575 g/mol. The summed E-state index contributed by atoms with van der Waals surface area (Å²) in [5.41, 5.74) is 5.76. The number of hydrogen-bond donors (Lipinski definition) is 0. The first-order chi connectivity index (χ1) is 19.8. The number of benzene rings is 3. The van der Waals surface area contributed by atoms with E-state index in [1.54, 1.807) is 33.1 Å². The zero-order chi connectivity index (χ0) is 29.0. The van der Waals surface area contributed by atoms with Gasteiger partial charge in [-0.1, -0.05) is 66.7 Å². The van der Waals surface area contributed by atoms with Crippen molar-refractivity contribution in [2.45, 2.75) is 38.6 Å². The molecule has 3 aromatic carbocycles. The number of fused-ring (bicyclic) bond motifs is 1. The van der Waals surface area contributed by atoms with E-state index in [9.17, 15) is 8.42 Å². The molecule has 214 valence electrons. The van der Waals surface area contributed by atoms with Crippen LogP contribution in [0.1, 0.15) is 29.6 Å². The van der Waals surface area contributed by atoms with Crippen molar-refractivity contribution < 1.29 is 22.4 Å². The number of para-hydroxylation sites is 2. The van der Waals surface area contributed by atoms with Crippen LogP contribution in [0, 0.1) is 13.8 Å². The van der Waals surface area contributed by atoms with Crippen LogP contribution in [-0.2, 0) is 32.5 Å². The lowest BCUT2D eigenvalue weighted by Crippen LogP contribution is -2.34. The molecule has 0 atom stereocenters. The quantitative estimate of drug-likeness (QED) is 0.138. The van der Waals surface area contributed by atoms with Gasteiger partial charge >= 0.3 is 0 Å². The number of ether oxygens (including phenoxy) is 2. The Morgan fingerprint density at radius 1 is 0.951 bits per heavy atom. The monoisotopic (exact) mass is 574 g/mol. The summed E-state index contributed by atoms with van der Waals surface area (Å²) in [7, 11) is -2.53. The van der Waals surface area contributed by atoms with E-state index in [0.717, 1.165) is 38.7 Å². The van der Waals surface area contributed by atoms with Gasteiger partial charge in [-0.15, -0.1) is 0 Å². The molecule has 0 saturated heterocycles. The second kappa shape index (κ2) is 12.3. The van der Waals surface area contributed by atoms with Gasteiger partial charge in [0, 0.05) is 31.2 Å². The van der Waals surface area contributed by atoms with Gasteiger partial charge in [-0.25, -0.2) is 17.7 Å². The maximum atomic E-state index is 14.1. The molecule has 0 radical (unpaired) electrons. The Morgan fingerprint density at radius 3 is 2.39 bits per heavy atom.